The van der Waals surface area contributed by atoms with E-state index in [1.807, 2.05) is 6.07 Å². The Morgan fingerprint density at radius 2 is 2.30 bits per heavy atom. The standard InChI is InChI=1S/C14H17N3O3/c18-7-1-6-15-14(19)16-10-4-5-11-12(8-10)20-13(17-11)9-2-3-9/h4-5,8-9,18H,1-3,6-7H2,(H2,15,16,19). The first-order chi connectivity index (χ1) is 9.76. The van der Waals surface area contributed by atoms with Gasteiger partial charge in [-0.2, -0.15) is 0 Å². The van der Waals surface area contributed by atoms with Gasteiger partial charge < -0.3 is 20.2 Å². The van der Waals surface area contributed by atoms with Crippen molar-refractivity contribution in [2.24, 2.45) is 0 Å². The minimum absolute atomic E-state index is 0.0637. The van der Waals surface area contributed by atoms with Gasteiger partial charge in [-0.25, -0.2) is 9.78 Å². The third kappa shape index (κ3) is 2.91. The number of nitrogens with zero attached hydrogens (tertiary/aromatic N) is 1. The molecule has 6 heteroatoms. The predicted octanol–water partition coefficient (Wildman–Crippen LogP) is 2.21. The fourth-order valence-corrected chi connectivity index (χ4v) is 1.98. The van der Waals surface area contributed by atoms with Crippen molar-refractivity contribution >= 4 is 22.8 Å². The molecular formula is C14H17N3O3. The van der Waals surface area contributed by atoms with Crippen molar-refractivity contribution in [3.63, 3.8) is 0 Å². The van der Waals surface area contributed by atoms with Crippen LogP contribution in [0.25, 0.3) is 11.1 Å². The summed E-state index contributed by atoms with van der Waals surface area (Å²) in [6.07, 6.45) is 2.83. The van der Waals surface area contributed by atoms with Crippen LogP contribution in [0.1, 0.15) is 31.1 Å². The van der Waals surface area contributed by atoms with Gasteiger partial charge in [0.05, 0.1) is 0 Å². The molecule has 1 aromatic heterocycles. The first-order valence-corrected chi connectivity index (χ1v) is 6.82. The molecule has 0 bridgehead atoms. The number of rotatable bonds is 5. The molecule has 0 aliphatic heterocycles. The molecule has 1 fully saturated rings. The first kappa shape index (κ1) is 12.9. The Balaban J connectivity index is 1.67. The van der Waals surface area contributed by atoms with E-state index < -0.39 is 0 Å². The average Bonchev–Trinajstić information content (AvgIpc) is 3.19. The molecule has 0 spiro atoms. The van der Waals surface area contributed by atoms with E-state index in [9.17, 15) is 4.79 Å². The lowest BCUT2D eigenvalue weighted by Crippen LogP contribution is -2.29. The lowest BCUT2D eigenvalue weighted by molar-refractivity contribution is 0.249. The Morgan fingerprint density at radius 3 is 3.05 bits per heavy atom. The highest BCUT2D eigenvalue weighted by Gasteiger charge is 2.28. The molecule has 6 nitrogen and oxygen atoms in total. The van der Waals surface area contributed by atoms with E-state index in [-0.39, 0.29) is 12.6 Å². The van der Waals surface area contributed by atoms with Crippen molar-refractivity contribution in [1.29, 1.82) is 0 Å². The molecule has 1 aliphatic rings. The number of aliphatic hydroxyl groups is 1. The molecule has 0 atom stereocenters. The number of anilines is 1. The zero-order valence-electron chi connectivity index (χ0n) is 11.1. The van der Waals surface area contributed by atoms with Crippen LogP contribution in [0.4, 0.5) is 10.5 Å². The summed E-state index contributed by atoms with van der Waals surface area (Å²) >= 11 is 0. The van der Waals surface area contributed by atoms with Gasteiger partial charge in [0.2, 0.25) is 0 Å². The number of hydrogen-bond donors (Lipinski definition) is 3. The summed E-state index contributed by atoms with van der Waals surface area (Å²) in [5.74, 6) is 1.27. The van der Waals surface area contributed by atoms with Crippen molar-refractivity contribution in [3.05, 3.63) is 24.1 Å². The van der Waals surface area contributed by atoms with Crippen LogP contribution in [-0.2, 0) is 0 Å². The fraction of sp³-hybridized carbons (Fsp3) is 0.429. The number of benzene rings is 1. The quantitative estimate of drug-likeness (QED) is 0.730. The molecule has 20 heavy (non-hydrogen) atoms. The zero-order valence-corrected chi connectivity index (χ0v) is 11.1. The third-order valence-electron chi connectivity index (χ3n) is 3.21. The van der Waals surface area contributed by atoms with E-state index in [0.717, 1.165) is 24.2 Å². The zero-order chi connectivity index (χ0) is 13.9. The number of urea groups is 1. The molecule has 3 N–H and O–H groups in total. The number of hydrogen-bond acceptors (Lipinski definition) is 4. The van der Waals surface area contributed by atoms with E-state index >= 15 is 0 Å². The topological polar surface area (TPSA) is 87.4 Å². The summed E-state index contributed by atoms with van der Waals surface area (Å²) in [5.41, 5.74) is 2.18. The number of fused-ring (bicyclic) bond motifs is 1. The van der Waals surface area contributed by atoms with Crippen LogP contribution in [0.5, 0.6) is 0 Å². The Labute approximate surface area is 116 Å². The number of amides is 2. The Hall–Kier alpha value is -2.08. The molecule has 1 aliphatic carbocycles. The summed E-state index contributed by atoms with van der Waals surface area (Å²) in [6.45, 7) is 0.507. The van der Waals surface area contributed by atoms with Gasteiger partial charge in [0.15, 0.2) is 11.5 Å². The van der Waals surface area contributed by atoms with E-state index in [2.05, 4.69) is 15.6 Å². The molecule has 2 aromatic rings. The molecule has 3 rings (SSSR count). The van der Waals surface area contributed by atoms with E-state index in [4.69, 9.17) is 9.52 Å². The van der Waals surface area contributed by atoms with Gasteiger partial charge in [-0.1, -0.05) is 0 Å². The highest BCUT2D eigenvalue weighted by molar-refractivity contribution is 5.91. The number of carbonyl (C=O) groups excluding carboxylic acids is 1. The number of aromatic nitrogens is 1. The summed E-state index contributed by atoms with van der Waals surface area (Å²) in [6, 6.07) is 5.13. The van der Waals surface area contributed by atoms with E-state index in [0.29, 0.717) is 30.2 Å². The Morgan fingerprint density at radius 1 is 1.45 bits per heavy atom. The van der Waals surface area contributed by atoms with Crippen molar-refractivity contribution in [3.8, 4) is 0 Å². The van der Waals surface area contributed by atoms with Crippen LogP contribution >= 0.6 is 0 Å². The molecule has 1 saturated carbocycles. The average molecular weight is 275 g/mol. The second-order valence-electron chi connectivity index (χ2n) is 4.97. The largest absolute Gasteiger partial charge is 0.440 e. The molecule has 2 amide bonds. The molecule has 1 aromatic carbocycles. The van der Waals surface area contributed by atoms with Crippen LogP contribution in [-0.4, -0.2) is 29.3 Å². The maximum Gasteiger partial charge on any atom is 0.319 e. The second kappa shape index (κ2) is 5.50. The van der Waals surface area contributed by atoms with Crippen LogP contribution < -0.4 is 10.6 Å². The molecule has 0 unspecified atom stereocenters. The van der Waals surface area contributed by atoms with Crippen molar-refractivity contribution in [2.45, 2.75) is 25.2 Å². The normalized spacial score (nSPS) is 14.4. The Bertz CT molecular complexity index is 619. The van der Waals surface area contributed by atoms with Gasteiger partial charge in [-0.05, 0) is 31.4 Å². The van der Waals surface area contributed by atoms with Crippen molar-refractivity contribution < 1.29 is 14.3 Å². The molecule has 106 valence electrons. The van der Waals surface area contributed by atoms with Crippen LogP contribution in [0.3, 0.4) is 0 Å². The van der Waals surface area contributed by atoms with Gasteiger partial charge in [0, 0.05) is 30.8 Å². The van der Waals surface area contributed by atoms with Crippen LogP contribution in [0.15, 0.2) is 22.6 Å². The number of nitrogens with one attached hydrogen (secondary N) is 2. The van der Waals surface area contributed by atoms with Crippen molar-refractivity contribution in [2.75, 3.05) is 18.5 Å². The highest BCUT2D eigenvalue weighted by atomic mass is 16.3. The fourth-order valence-electron chi connectivity index (χ4n) is 1.98. The minimum Gasteiger partial charge on any atom is -0.440 e. The van der Waals surface area contributed by atoms with Crippen LogP contribution in [0.2, 0.25) is 0 Å². The van der Waals surface area contributed by atoms with Gasteiger partial charge in [-0.3, -0.25) is 0 Å². The maximum atomic E-state index is 11.6. The highest BCUT2D eigenvalue weighted by Crippen LogP contribution is 2.40. The first-order valence-electron chi connectivity index (χ1n) is 6.82. The second-order valence-corrected chi connectivity index (χ2v) is 4.97. The molecule has 0 saturated heterocycles. The molecular weight excluding hydrogens is 258 g/mol. The van der Waals surface area contributed by atoms with Gasteiger partial charge in [0.1, 0.15) is 5.52 Å². The van der Waals surface area contributed by atoms with Gasteiger partial charge in [0.25, 0.3) is 0 Å². The number of oxazole rings is 1. The lowest BCUT2D eigenvalue weighted by Gasteiger charge is -2.06. The summed E-state index contributed by atoms with van der Waals surface area (Å²) in [5, 5.41) is 14.0. The third-order valence-corrected chi connectivity index (χ3v) is 3.21. The van der Waals surface area contributed by atoms with Gasteiger partial charge in [-0.15, -0.1) is 0 Å². The number of carbonyl (C=O) groups is 1. The maximum absolute atomic E-state index is 11.6. The summed E-state index contributed by atoms with van der Waals surface area (Å²) < 4.78 is 5.70. The van der Waals surface area contributed by atoms with Crippen LogP contribution in [0, 0.1) is 0 Å². The minimum atomic E-state index is -0.292. The lowest BCUT2D eigenvalue weighted by atomic mass is 10.3. The van der Waals surface area contributed by atoms with E-state index in [1.54, 1.807) is 12.1 Å². The van der Waals surface area contributed by atoms with Gasteiger partial charge >= 0.3 is 6.03 Å². The van der Waals surface area contributed by atoms with E-state index in [1.165, 1.54) is 0 Å². The SMILES string of the molecule is O=C(NCCCO)Nc1ccc2nc(C3CC3)oc2c1. The Kier molecular flexibility index (Phi) is 3.56. The number of aliphatic hydroxyl groups excluding tert-OH is 1. The monoisotopic (exact) mass is 275 g/mol. The molecule has 1 heterocycles. The predicted molar refractivity (Wildman–Crippen MR) is 74.7 cm³/mol. The summed E-state index contributed by atoms with van der Waals surface area (Å²) in [4.78, 5) is 16.0. The molecule has 0 radical (unpaired) electrons. The summed E-state index contributed by atoms with van der Waals surface area (Å²) in [7, 11) is 0. The van der Waals surface area contributed by atoms with Crippen molar-refractivity contribution in [1.82, 2.24) is 10.3 Å². The smallest absolute Gasteiger partial charge is 0.319 e.